The van der Waals surface area contributed by atoms with Gasteiger partial charge in [-0.15, -0.1) is 11.3 Å². The van der Waals surface area contributed by atoms with E-state index in [0.29, 0.717) is 16.6 Å². The second kappa shape index (κ2) is 6.22. The number of thiazole rings is 1. The van der Waals surface area contributed by atoms with Crippen molar-refractivity contribution in [2.24, 2.45) is 0 Å². The summed E-state index contributed by atoms with van der Waals surface area (Å²) in [5.41, 5.74) is 1.63. The zero-order chi connectivity index (χ0) is 15.4. The lowest BCUT2D eigenvalue weighted by Crippen LogP contribution is -2.16. The van der Waals surface area contributed by atoms with Crippen LogP contribution in [0.15, 0.2) is 36.5 Å². The summed E-state index contributed by atoms with van der Waals surface area (Å²) in [6.45, 7) is 1.86. The molecule has 22 heavy (non-hydrogen) atoms. The number of nitrogens with one attached hydrogen (secondary N) is 2. The van der Waals surface area contributed by atoms with Crippen molar-refractivity contribution in [1.29, 1.82) is 0 Å². The van der Waals surface area contributed by atoms with Crippen LogP contribution in [0.3, 0.4) is 0 Å². The summed E-state index contributed by atoms with van der Waals surface area (Å²) < 4.78 is 0. The van der Waals surface area contributed by atoms with E-state index < -0.39 is 0 Å². The summed E-state index contributed by atoms with van der Waals surface area (Å²) in [5, 5.41) is 8.04. The van der Waals surface area contributed by atoms with Gasteiger partial charge in [0.25, 0.3) is 5.91 Å². The monoisotopic (exact) mass is 313 g/mol. The van der Waals surface area contributed by atoms with Crippen molar-refractivity contribution >= 4 is 33.9 Å². The van der Waals surface area contributed by atoms with Gasteiger partial charge in [0, 0.05) is 17.8 Å². The predicted octanol–water partition coefficient (Wildman–Crippen LogP) is 2.03. The van der Waals surface area contributed by atoms with Crippen LogP contribution in [0, 0.1) is 6.92 Å². The molecule has 0 fully saturated rings. The Balaban J connectivity index is 1.83. The molecule has 0 aliphatic rings. The van der Waals surface area contributed by atoms with Gasteiger partial charge in [0.2, 0.25) is 0 Å². The lowest BCUT2D eigenvalue weighted by atomic mass is 10.3. The molecule has 2 N–H and O–H groups in total. The largest absolute Gasteiger partial charge is 0.336 e. The van der Waals surface area contributed by atoms with Crippen LogP contribution in [0.2, 0.25) is 0 Å². The Kier molecular flexibility index (Phi) is 3.97. The summed E-state index contributed by atoms with van der Waals surface area (Å²) in [7, 11) is 0. The van der Waals surface area contributed by atoms with E-state index in [-0.39, 0.29) is 11.6 Å². The van der Waals surface area contributed by atoms with E-state index in [1.807, 2.05) is 12.3 Å². The van der Waals surface area contributed by atoms with E-state index in [4.69, 9.17) is 0 Å². The molecular weight excluding hydrogens is 302 g/mol. The fourth-order valence-electron chi connectivity index (χ4n) is 1.66. The minimum absolute atomic E-state index is 0.166. The molecule has 0 aromatic carbocycles. The number of hydrogen-bond donors (Lipinski definition) is 2. The minimum Gasteiger partial charge on any atom is -0.336 e. The Hall–Kier alpha value is -2.94. The maximum Gasteiger partial charge on any atom is 0.279 e. The van der Waals surface area contributed by atoms with Gasteiger partial charge in [-0.2, -0.15) is 0 Å². The van der Waals surface area contributed by atoms with E-state index in [2.05, 4.69) is 35.6 Å². The summed E-state index contributed by atoms with van der Waals surface area (Å²) in [5.74, 6) is -0.0649. The topological polar surface area (TPSA) is 106 Å². The van der Waals surface area contributed by atoms with E-state index in [0.717, 1.165) is 5.69 Å². The summed E-state index contributed by atoms with van der Waals surface area (Å²) >= 11 is 1.35. The molecule has 3 aromatic heterocycles. The lowest BCUT2D eigenvalue weighted by Gasteiger charge is -2.08. The van der Waals surface area contributed by atoms with Crippen molar-refractivity contribution < 1.29 is 4.79 Å². The third-order valence-electron chi connectivity index (χ3n) is 2.58. The Morgan fingerprint density at radius 3 is 2.68 bits per heavy atom. The number of nitrogens with zero attached hydrogens (tertiary/aromatic N) is 5. The molecule has 0 unspecified atom stereocenters. The summed E-state index contributed by atoms with van der Waals surface area (Å²) in [6.07, 6.45) is 7.52. The lowest BCUT2D eigenvalue weighted by molar-refractivity contribution is 0.102. The molecule has 0 radical (unpaired) electrons. The smallest absolute Gasteiger partial charge is 0.279 e. The van der Waals surface area contributed by atoms with E-state index in [1.165, 1.54) is 30.1 Å². The molecule has 9 heteroatoms. The van der Waals surface area contributed by atoms with Crippen LogP contribution in [-0.4, -0.2) is 30.8 Å². The molecule has 0 aliphatic heterocycles. The number of carbonyl (C=O) groups excluding carboxylic acids is 1. The molecule has 3 aromatic rings. The van der Waals surface area contributed by atoms with Gasteiger partial charge in [0.05, 0.1) is 23.8 Å². The quantitative estimate of drug-likeness (QED) is 0.759. The van der Waals surface area contributed by atoms with Gasteiger partial charge in [-0.25, -0.2) is 24.9 Å². The molecule has 0 bridgehead atoms. The summed E-state index contributed by atoms with van der Waals surface area (Å²) in [6, 6.07) is 0. The fraction of sp³-hybridized carbons (Fsp3) is 0.0769. The Morgan fingerprint density at radius 1 is 1.18 bits per heavy atom. The first-order valence-electron chi connectivity index (χ1n) is 6.29. The van der Waals surface area contributed by atoms with Crippen molar-refractivity contribution in [2.75, 3.05) is 10.6 Å². The van der Waals surface area contributed by atoms with Gasteiger partial charge in [0.15, 0.2) is 16.6 Å². The highest BCUT2D eigenvalue weighted by molar-refractivity contribution is 7.13. The van der Waals surface area contributed by atoms with E-state index in [9.17, 15) is 4.79 Å². The van der Waals surface area contributed by atoms with Crippen molar-refractivity contribution in [2.45, 2.75) is 6.92 Å². The molecule has 0 saturated carbocycles. The number of anilines is 3. The molecular formula is C13H11N7OS. The van der Waals surface area contributed by atoms with Crippen molar-refractivity contribution in [3.8, 4) is 0 Å². The standard InChI is InChI=1S/C13H11N7OS/c1-8-6-22-13(18-8)20-12(21)10-11(17-3-2-16-10)19-9-4-14-7-15-5-9/h2-7H,1H3,(H,17,19)(H,18,20,21). The second-order valence-electron chi connectivity index (χ2n) is 4.25. The normalized spacial score (nSPS) is 10.2. The van der Waals surface area contributed by atoms with Gasteiger partial charge >= 0.3 is 0 Å². The number of rotatable bonds is 4. The fourth-order valence-corrected chi connectivity index (χ4v) is 2.35. The molecule has 1 amide bonds. The average Bonchev–Trinajstić information content (AvgIpc) is 2.94. The first-order valence-corrected chi connectivity index (χ1v) is 7.17. The molecule has 0 atom stereocenters. The number of hydrogen-bond acceptors (Lipinski definition) is 8. The third-order valence-corrected chi connectivity index (χ3v) is 3.45. The first-order chi connectivity index (χ1) is 10.7. The van der Waals surface area contributed by atoms with Crippen LogP contribution in [0.4, 0.5) is 16.6 Å². The van der Waals surface area contributed by atoms with Crippen LogP contribution >= 0.6 is 11.3 Å². The van der Waals surface area contributed by atoms with Crippen LogP contribution in [0.1, 0.15) is 16.2 Å². The zero-order valence-electron chi connectivity index (χ0n) is 11.5. The van der Waals surface area contributed by atoms with Crippen molar-refractivity contribution in [3.63, 3.8) is 0 Å². The molecule has 0 aliphatic carbocycles. The van der Waals surface area contributed by atoms with Crippen LogP contribution in [-0.2, 0) is 0 Å². The Morgan fingerprint density at radius 2 is 1.95 bits per heavy atom. The SMILES string of the molecule is Cc1csc(NC(=O)c2nccnc2Nc2cncnc2)n1. The summed E-state index contributed by atoms with van der Waals surface area (Å²) in [4.78, 5) is 32.5. The van der Waals surface area contributed by atoms with Crippen molar-refractivity contribution in [3.05, 3.63) is 47.9 Å². The molecule has 8 nitrogen and oxygen atoms in total. The number of carbonyl (C=O) groups is 1. The maximum atomic E-state index is 12.3. The van der Waals surface area contributed by atoms with Crippen LogP contribution in [0.5, 0.6) is 0 Å². The van der Waals surface area contributed by atoms with Gasteiger partial charge in [0.1, 0.15) is 6.33 Å². The van der Waals surface area contributed by atoms with E-state index >= 15 is 0 Å². The highest BCUT2D eigenvalue weighted by Gasteiger charge is 2.16. The number of amides is 1. The number of aryl methyl sites for hydroxylation is 1. The highest BCUT2D eigenvalue weighted by Crippen LogP contribution is 2.19. The predicted molar refractivity (Wildman–Crippen MR) is 82.2 cm³/mol. The van der Waals surface area contributed by atoms with Gasteiger partial charge < -0.3 is 5.32 Å². The van der Waals surface area contributed by atoms with Gasteiger partial charge in [-0.3, -0.25) is 10.1 Å². The molecule has 0 spiro atoms. The van der Waals surface area contributed by atoms with Crippen LogP contribution < -0.4 is 10.6 Å². The maximum absolute atomic E-state index is 12.3. The van der Waals surface area contributed by atoms with Gasteiger partial charge in [-0.05, 0) is 6.92 Å². The van der Waals surface area contributed by atoms with Crippen LogP contribution in [0.25, 0.3) is 0 Å². The average molecular weight is 313 g/mol. The Bertz CT molecular complexity index is 790. The minimum atomic E-state index is -0.387. The Labute approximate surface area is 129 Å². The molecule has 0 saturated heterocycles. The van der Waals surface area contributed by atoms with Crippen molar-refractivity contribution in [1.82, 2.24) is 24.9 Å². The molecule has 110 valence electrons. The third kappa shape index (κ3) is 3.20. The highest BCUT2D eigenvalue weighted by atomic mass is 32.1. The molecule has 3 rings (SSSR count). The van der Waals surface area contributed by atoms with E-state index in [1.54, 1.807) is 12.4 Å². The first kappa shape index (κ1) is 14.0. The molecule has 3 heterocycles. The van der Waals surface area contributed by atoms with Gasteiger partial charge in [-0.1, -0.05) is 0 Å². The zero-order valence-corrected chi connectivity index (χ0v) is 12.3. The number of aromatic nitrogens is 5. The second-order valence-corrected chi connectivity index (χ2v) is 5.11.